The van der Waals surface area contributed by atoms with E-state index in [-0.39, 0.29) is 24.5 Å². The van der Waals surface area contributed by atoms with Crippen molar-refractivity contribution in [3.8, 4) is 5.75 Å². The summed E-state index contributed by atoms with van der Waals surface area (Å²) in [6, 6.07) is 12.0. The molecule has 7 heteroatoms. The molecule has 0 saturated heterocycles. The van der Waals surface area contributed by atoms with E-state index in [4.69, 9.17) is 32.7 Å². The van der Waals surface area contributed by atoms with E-state index in [2.05, 4.69) is 43.4 Å². The highest BCUT2D eigenvalue weighted by atomic mass is 35.5. The van der Waals surface area contributed by atoms with Crippen molar-refractivity contribution < 1.29 is 19.4 Å². The largest absolute Gasteiger partial charge is 0.489 e. The molecule has 0 heterocycles. The van der Waals surface area contributed by atoms with Crippen molar-refractivity contribution in [3.05, 3.63) is 63.1 Å². The number of rotatable bonds is 12. The molecule has 1 atom stereocenters. The van der Waals surface area contributed by atoms with Gasteiger partial charge in [-0.2, -0.15) is 0 Å². The number of benzene rings is 2. The van der Waals surface area contributed by atoms with Crippen molar-refractivity contribution in [1.82, 2.24) is 5.32 Å². The van der Waals surface area contributed by atoms with Crippen LogP contribution in [0, 0.1) is 5.92 Å². The van der Waals surface area contributed by atoms with E-state index in [0.29, 0.717) is 41.3 Å². The average molecular weight is 508 g/mol. The molecule has 0 spiro atoms. The number of β-amino-alcohol motifs (C(OH)–C–C–N with tert-alkyl or cyclic N) is 1. The molecule has 3 rings (SSSR count). The maximum absolute atomic E-state index is 11.7. The van der Waals surface area contributed by atoms with E-state index < -0.39 is 6.10 Å². The molecule has 0 unspecified atom stereocenters. The molecule has 0 fully saturated rings. The van der Waals surface area contributed by atoms with Gasteiger partial charge in [-0.25, -0.2) is 0 Å². The molecule has 0 bridgehead atoms. The Labute approximate surface area is 212 Å². The minimum absolute atomic E-state index is 0.0939. The summed E-state index contributed by atoms with van der Waals surface area (Å²) >= 11 is 12.6. The van der Waals surface area contributed by atoms with E-state index in [9.17, 15) is 9.90 Å². The molecule has 0 aliphatic heterocycles. The number of carbonyl (C=O) groups is 1. The van der Waals surface area contributed by atoms with Gasteiger partial charge in [0.25, 0.3) is 0 Å². The first-order valence-corrected chi connectivity index (χ1v) is 12.7. The fourth-order valence-corrected chi connectivity index (χ4v) is 5.10. The first-order valence-electron chi connectivity index (χ1n) is 11.9. The molecule has 0 saturated carbocycles. The van der Waals surface area contributed by atoms with Gasteiger partial charge in [0.2, 0.25) is 0 Å². The maximum atomic E-state index is 11.7. The van der Waals surface area contributed by atoms with Gasteiger partial charge in [0, 0.05) is 23.5 Å². The van der Waals surface area contributed by atoms with Crippen molar-refractivity contribution in [2.75, 3.05) is 19.8 Å². The van der Waals surface area contributed by atoms with Crippen molar-refractivity contribution in [3.63, 3.8) is 0 Å². The van der Waals surface area contributed by atoms with Crippen molar-refractivity contribution >= 4 is 29.2 Å². The van der Waals surface area contributed by atoms with Gasteiger partial charge in [0.15, 0.2) is 0 Å². The van der Waals surface area contributed by atoms with Crippen LogP contribution in [0.3, 0.4) is 0 Å². The Hall–Kier alpha value is -1.79. The van der Waals surface area contributed by atoms with Gasteiger partial charge in [0.05, 0.1) is 11.6 Å². The molecule has 0 amide bonds. The second kappa shape index (κ2) is 12.3. The van der Waals surface area contributed by atoms with E-state index >= 15 is 0 Å². The molecule has 2 aromatic rings. The van der Waals surface area contributed by atoms with Crippen LogP contribution in [-0.4, -0.2) is 42.5 Å². The van der Waals surface area contributed by atoms with Crippen LogP contribution < -0.4 is 10.1 Å². The molecule has 0 aromatic heterocycles. The van der Waals surface area contributed by atoms with Crippen molar-refractivity contribution in [2.45, 2.75) is 64.5 Å². The maximum Gasteiger partial charge on any atom is 0.306 e. The second-order valence-electron chi connectivity index (χ2n) is 9.66. The van der Waals surface area contributed by atoms with Gasteiger partial charge in [-0.05, 0) is 81.2 Å². The standard InChI is InChI=1S/C27H35Cl2NO4/c1-4-33-26(32)10-9-21-13-25(24(29)14-23(21)28)34-17-22(31)16-30-27(2,3)15-18-11-19-7-5-6-8-20(19)12-18/h5-8,13-14,18,22,30-31H,4,9-12,15-17H2,1-3H3/t22-/m1/s1. The summed E-state index contributed by atoms with van der Waals surface area (Å²) < 4.78 is 10.8. The molecule has 2 N–H and O–H groups in total. The number of fused-ring (bicyclic) bond motifs is 1. The summed E-state index contributed by atoms with van der Waals surface area (Å²) in [5.41, 5.74) is 3.56. The van der Waals surface area contributed by atoms with Crippen LogP contribution in [0.15, 0.2) is 36.4 Å². The van der Waals surface area contributed by atoms with Crippen molar-refractivity contribution in [2.24, 2.45) is 5.92 Å². The van der Waals surface area contributed by atoms with Crippen LogP contribution in [0.1, 0.15) is 50.3 Å². The van der Waals surface area contributed by atoms with Crippen LogP contribution in [0.5, 0.6) is 5.75 Å². The number of halogens is 2. The zero-order chi connectivity index (χ0) is 24.7. The van der Waals surface area contributed by atoms with Crippen LogP contribution in [-0.2, 0) is 28.8 Å². The van der Waals surface area contributed by atoms with Gasteiger partial charge in [-0.3, -0.25) is 4.79 Å². The highest BCUT2D eigenvalue weighted by Gasteiger charge is 2.28. The van der Waals surface area contributed by atoms with Gasteiger partial charge in [0.1, 0.15) is 18.5 Å². The molecule has 0 radical (unpaired) electrons. The Morgan fingerprint density at radius 3 is 2.50 bits per heavy atom. The average Bonchev–Trinajstić information content (AvgIpc) is 3.18. The Kier molecular flexibility index (Phi) is 9.66. The topological polar surface area (TPSA) is 67.8 Å². The Morgan fingerprint density at radius 1 is 1.18 bits per heavy atom. The third kappa shape index (κ3) is 7.88. The highest BCUT2D eigenvalue weighted by molar-refractivity contribution is 6.36. The first kappa shape index (κ1) is 26.8. The molecule has 186 valence electrons. The SMILES string of the molecule is CCOC(=O)CCc1cc(OC[C@H](O)CNC(C)(C)CC2Cc3ccccc3C2)c(Cl)cc1Cl. The minimum Gasteiger partial charge on any atom is -0.489 e. The summed E-state index contributed by atoms with van der Waals surface area (Å²) in [6.45, 7) is 6.97. The third-order valence-electron chi connectivity index (χ3n) is 6.19. The Balaban J connectivity index is 1.46. The summed E-state index contributed by atoms with van der Waals surface area (Å²) in [5.74, 6) is 0.766. The van der Waals surface area contributed by atoms with Crippen LogP contribution in [0.4, 0.5) is 0 Å². The smallest absolute Gasteiger partial charge is 0.306 e. The quantitative estimate of drug-likeness (QED) is 0.376. The minimum atomic E-state index is -0.699. The zero-order valence-corrected chi connectivity index (χ0v) is 21.7. The number of aryl methyl sites for hydroxylation is 1. The number of ether oxygens (including phenoxy) is 2. The molecule has 2 aromatic carbocycles. The Morgan fingerprint density at radius 2 is 1.85 bits per heavy atom. The number of hydrogen-bond acceptors (Lipinski definition) is 5. The normalized spacial score (nSPS) is 14.6. The van der Waals surface area contributed by atoms with Crippen LogP contribution >= 0.6 is 23.2 Å². The lowest BCUT2D eigenvalue weighted by Crippen LogP contribution is -2.46. The van der Waals surface area contributed by atoms with Gasteiger partial charge >= 0.3 is 5.97 Å². The lowest BCUT2D eigenvalue weighted by Gasteiger charge is -2.30. The van der Waals surface area contributed by atoms with Gasteiger partial charge in [-0.1, -0.05) is 47.5 Å². The predicted octanol–water partition coefficient (Wildman–Crippen LogP) is 5.40. The van der Waals surface area contributed by atoms with Gasteiger partial charge < -0.3 is 19.9 Å². The lowest BCUT2D eigenvalue weighted by atomic mass is 9.88. The highest BCUT2D eigenvalue weighted by Crippen LogP contribution is 2.33. The summed E-state index contributed by atoms with van der Waals surface area (Å²) in [6.07, 6.45) is 3.20. The molecular formula is C27H35Cl2NO4. The van der Waals surface area contributed by atoms with E-state index in [1.807, 2.05) is 0 Å². The lowest BCUT2D eigenvalue weighted by molar-refractivity contribution is -0.143. The molecule has 34 heavy (non-hydrogen) atoms. The number of aliphatic hydroxyl groups is 1. The van der Waals surface area contributed by atoms with Gasteiger partial charge in [-0.15, -0.1) is 0 Å². The molecule has 1 aliphatic rings. The molecule has 1 aliphatic carbocycles. The number of esters is 1. The summed E-state index contributed by atoms with van der Waals surface area (Å²) in [7, 11) is 0. The zero-order valence-electron chi connectivity index (χ0n) is 20.2. The fraction of sp³-hybridized carbons (Fsp3) is 0.519. The van der Waals surface area contributed by atoms with E-state index in [1.54, 1.807) is 19.1 Å². The predicted molar refractivity (Wildman–Crippen MR) is 137 cm³/mol. The Bertz CT molecular complexity index is 954. The molecular weight excluding hydrogens is 473 g/mol. The van der Waals surface area contributed by atoms with Crippen molar-refractivity contribution in [1.29, 1.82) is 0 Å². The van der Waals surface area contributed by atoms with E-state index in [1.165, 1.54) is 11.1 Å². The molecule has 5 nitrogen and oxygen atoms in total. The fourth-order valence-electron chi connectivity index (χ4n) is 4.57. The summed E-state index contributed by atoms with van der Waals surface area (Å²) in [4.78, 5) is 11.7. The number of carbonyl (C=O) groups excluding carboxylic acids is 1. The third-order valence-corrected chi connectivity index (χ3v) is 6.83. The number of hydrogen-bond donors (Lipinski definition) is 2. The van der Waals surface area contributed by atoms with E-state index in [0.717, 1.165) is 24.8 Å². The number of aliphatic hydroxyl groups excluding tert-OH is 1. The monoisotopic (exact) mass is 507 g/mol. The van der Waals surface area contributed by atoms with Crippen LogP contribution in [0.25, 0.3) is 0 Å². The van der Waals surface area contributed by atoms with Crippen LogP contribution in [0.2, 0.25) is 10.0 Å². The number of nitrogens with one attached hydrogen (secondary N) is 1. The summed E-state index contributed by atoms with van der Waals surface area (Å²) in [5, 5.41) is 14.8. The second-order valence-corrected chi connectivity index (χ2v) is 10.5. The first-order chi connectivity index (χ1) is 16.2.